The Morgan fingerprint density at radius 1 is 0.952 bits per heavy atom. The van der Waals surface area contributed by atoms with Crippen molar-refractivity contribution in [2.45, 2.75) is 44.4 Å². The van der Waals surface area contributed by atoms with Crippen molar-refractivity contribution >= 4 is 34.2 Å². The molecule has 0 bridgehead atoms. The zero-order valence-corrected chi connectivity index (χ0v) is 23.9. The molecule has 0 saturated carbocycles. The lowest BCUT2D eigenvalue weighted by atomic mass is 9.99. The van der Waals surface area contributed by atoms with Crippen molar-refractivity contribution < 1.29 is 18.0 Å². The molecule has 42 heavy (non-hydrogen) atoms. The van der Waals surface area contributed by atoms with Crippen LogP contribution in [0.1, 0.15) is 47.2 Å². The minimum atomic E-state index is -4.38. The van der Waals surface area contributed by atoms with Crippen molar-refractivity contribution in [3.05, 3.63) is 94.5 Å². The van der Waals surface area contributed by atoms with Crippen LogP contribution in [0.25, 0.3) is 22.0 Å². The second-order valence-corrected chi connectivity index (χ2v) is 11.5. The summed E-state index contributed by atoms with van der Waals surface area (Å²) in [5.41, 5.74) is 2.96. The Labute approximate surface area is 248 Å². The van der Waals surface area contributed by atoms with Gasteiger partial charge in [-0.25, -0.2) is 4.98 Å². The highest BCUT2D eigenvalue weighted by molar-refractivity contribution is 6.33. The zero-order chi connectivity index (χ0) is 29.3. The number of benzene rings is 3. The van der Waals surface area contributed by atoms with Crippen LogP contribution >= 0.6 is 11.6 Å². The summed E-state index contributed by atoms with van der Waals surface area (Å²) in [4.78, 5) is 23.5. The molecule has 1 amide bonds. The van der Waals surface area contributed by atoms with Gasteiger partial charge in [-0.2, -0.15) is 13.2 Å². The lowest BCUT2D eigenvalue weighted by Crippen LogP contribution is -2.42. The molecule has 4 aromatic rings. The first kappa shape index (κ1) is 28.5. The number of carbonyl (C=O) groups is 1. The molecule has 2 aliphatic heterocycles. The first-order valence-corrected chi connectivity index (χ1v) is 14.8. The normalized spacial score (nSPS) is 17.7. The number of aromatic nitrogens is 1. The second-order valence-electron chi connectivity index (χ2n) is 11.1. The molecule has 5 nitrogen and oxygen atoms in total. The number of amides is 1. The number of likely N-dealkylation sites (tertiary alicyclic amines) is 2. The summed E-state index contributed by atoms with van der Waals surface area (Å²) in [5.74, 6) is 0.463. The van der Waals surface area contributed by atoms with E-state index in [1.807, 2.05) is 47.4 Å². The molecule has 2 saturated heterocycles. The predicted octanol–water partition coefficient (Wildman–Crippen LogP) is 7.89. The van der Waals surface area contributed by atoms with Crippen molar-refractivity contribution in [2.24, 2.45) is 0 Å². The summed E-state index contributed by atoms with van der Waals surface area (Å²) < 4.78 is 39.0. The third kappa shape index (κ3) is 6.10. The van der Waals surface area contributed by atoms with Gasteiger partial charge in [0.15, 0.2) is 0 Å². The Bertz CT molecular complexity index is 1590. The topological polar surface area (TPSA) is 48.5 Å². The molecule has 218 valence electrons. The van der Waals surface area contributed by atoms with Crippen LogP contribution in [0.5, 0.6) is 0 Å². The first-order chi connectivity index (χ1) is 20.3. The fourth-order valence-electron chi connectivity index (χ4n) is 6.07. The number of anilines is 1. The minimum absolute atomic E-state index is 0.0296. The third-order valence-electron chi connectivity index (χ3n) is 8.28. The van der Waals surface area contributed by atoms with Crippen LogP contribution in [-0.2, 0) is 12.7 Å². The quantitative estimate of drug-likeness (QED) is 0.237. The number of hydrogen-bond donors (Lipinski definition) is 1. The fraction of sp³-hybridized carbons (Fsp3) is 0.333. The Morgan fingerprint density at radius 3 is 2.45 bits per heavy atom. The van der Waals surface area contributed by atoms with Gasteiger partial charge in [-0.05, 0) is 86.3 Å². The van der Waals surface area contributed by atoms with Gasteiger partial charge in [-0.15, -0.1) is 0 Å². The number of halogens is 4. The molecule has 9 heteroatoms. The van der Waals surface area contributed by atoms with Crippen LogP contribution in [0.3, 0.4) is 0 Å². The number of nitrogens with zero attached hydrogens (tertiary/aromatic N) is 3. The molecule has 3 heterocycles. The molecule has 0 radical (unpaired) electrons. The van der Waals surface area contributed by atoms with E-state index in [0.717, 1.165) is 61.1 Å². The largest absolute Gasteiger partial charge is 0.416 e. The van der Waals surface area contributed by atoms with Gasteiger partial charge < -0.3 is 15.1 Å². The van der Waals surface area contributed by atoms with Crippen LogP contribution in [0.4, 0.5) is 19.0 Å². The monoisotopic (exact) mass is 592 g/mol. The molecule has 1 atom stereocenters. The van der Waals surface area contributed by atoms with Crippen LogP contribution < -0.4 is 5.32 Å². The van der Waals surface area contributed by atoms with E-state index in [1.165, 1.54) is 25.0 Å². The number of pyridine rings is 1. The van der Waals surface area contributed by atoms with E-state index in [4.69, 9.17) is 16.6 Å². The molecule has 0 spiro atoms. The van der Waals surface area contributed by atoms with Crippen LogP contribution in [0, 0.1) is 0 Å². The number of carbonyl (C=O) groups excluding carboxylic acids is 1. The van der Waals surface area contributed by atoms with Crippen molar-refractivity contribution in [3.63, 3.8) is 0 Å². The van der Waals surface area contributed by atoms with E-state index in [2.05, 4.69) is 10.2 Å². The van der Waals surface area contributed by atoms with Crippen molar-refractivity contribution in [2.75, 3.05) is 31.5 Å². The standard InChI is InChI=1S/C33H32ClF3N4O/c34-29-8-2-1-7-26(29)23-11-14-30-27(18-23)28(32(42)41-17-5-6-25(41)21-40-15-3-4-16-40)19-31(39-30)38-20-22-9-12-24(13-10-22)33(35,36)37/h1-2,7-14,18-19,25H,3-6,15-17,20-21H2,(H,38,39)/t25-/m0/s1. The molecule has 1 N–H and O–H groups in total. The average Bonchev–Trinajstić information content (AvgIpc) is 3.68. The van der Waals surface area contributed by atoms with Gasteiger partial charge in [0.25, 0.3) is 5.91 Å². The van der Waals surface area contributed by atoms with Gasteiger partial charge in [0.2, 0.25) is 0 Å². The molecule has 3 aromatic carbocycles. The van der Waals surface area contributed by atoms with Crippen LogP contribution in [0.15, 0.2) is 72.8 Å². The lowest BCUT2D eigenvalue weighted by molar-refractivity contribution is -0.137. The number of hydrogen-bond acceptors (Lipinski definition) is 4. The highest BCUT2D eigenvalue weighted by Crippen LogP contribution is 2.34. The zero-order valence-electron chi connectivity index (χ0n) is 23.1. The summed E-state index contributed by atoms with van der Waals surface area (Å²) in [6, 6.07) is 20.4. The van der Waals surface area contributed by atoms with E-state index < -0.39 is 11.7 Å². The highest BCUT2D eigenvalue weighted by atomic mass is 35.5. The second kappa shape index (κ2) is 11.9. The van der Waals surface area contributed by atoms with Crippen molar-refractivity contribution in [1.82, 2.24) is 14.8 Å². The summed E-state index contributed by atoms with van der Waals surface area (Å²) >= 11 is 6.51. The van der Waals surface area contributed by atoms with Crippen LogP contribution in [0.2, 0.25) is 5.02 Å². The SMILES string of the molecule is O=C(c1cc(NCc2ccc(C(F)(F)F)cc2)nc2ccc(-c3ccccc3Cl)cc12)N1CCC[C@H]1CN1CCCC1. The van der Waals surface area contributed by atoms with E-state index in [1.54, 1.807) is 6.07 Å². The van der Waals surface area contributed by atoms with E-state index >= 15 is 0 Å². The number of alkyl halides is 3. The Kier molecular flexibility index (Phi) is 8.10. The van der Waals surface area contributed by atoms with E-state index in [9.17, 15) is 18.0 Å². The number of nitrogens with one attached hydrogen (secondary N) is 1. The summed E-state index contributed by atoms with van der Waals surface area (Å²) in [5, 5.41) is 4.59. The summed E-state index contributed by atoms with van der Waals surface area (Å²) in [6.45, 7) is 4.02. The maximum atomic E-state index is 14.2. The Hall–Kier alpha value is -3.62. The first-order valence-electron chi connectivity index (χ1n) is 14.4. The van der Waals surface area contributed by atoms with E-state index in [-0.39, 0.29) is 18.5 Å². The molecule has 6 rings (SSSR count). The van der Waals surface area contributed by atoms with Gasteiger partial charge in [-0.3, -0.25) is 4.79 Å². The Morgan fingerprint density at radius 2 is 1.71 bits per heavy atom. The smallest absolute Gasteiger partial charge is 0.366 e. The molecule has 2 aliphatic rings. The maximum Gasteiger partial charge on any atom is 0.416 e. The van der Waals surface area contributed by atoms with Gasteiger partial charge in [0.05, 0.1) is 16.6 Å². The fourth-order valence-corrected chi connectivity index (χ4v) is 6.32. The summed E-state index contributed by atoms with van der Waals surface area (Å²) in [6.07, 6.45) is -0.0264. The van der Waals surface area contributed by atoms with E-state index in [0.29, 0.717) is 34.0 Å². The Balaban J connectivity index is 1.34. The molecule has 0 unspecified atom stereocenters. The molecule has 0 aliphatic carbocycles. The lowest BCUT2D eigenvalue weighted by Gasteiger charge is -2.29. The number of fused-ring (bicyclic) bond motifs is 1. The van der Waals surface area contributed by atoms with Gasteiger partial charge >= 0.3 is 6.18 Å². The van der Waals surface area contributed by atoms with Crippen molar-refractivity contribution in [1.29, 1.82) is 0 Å². The van der Waals surface area contributed by atoms with Crippen molar-refractivity contribution in [3.8, 4) is 11.1 Å². The minimum Gasteiger partial charge on any atom is -0.366 e. The highest BCUT2D eigenvalue weighted by Gasteiger charge is 2.33. The molecular weight excluding hydrogens is 561 g/mol. The molecule has 2 fully saturated rings. The molecular formula is C33H32ClF3N4O. The maximum absolute atomic E-state index is 14.2. The van der Waals surface area contributed by atoms with Gasteiger partial charge in [-0.1, -0.05) is 48.0 Å². The predicted molar refractivity (Wildman–Crippen MR) is 161 cm³/mol. The van der Waals surface area contributed by atoms with Crippen LogP contribution in [-0.4, -0.2) is 52.9 Å². The third-order valence-corrected chi connectivity index (χ3v) is 8.61. The van der Waals surface area contributed by atoms with Gasteiger partial charge in [0, 0.05) is 41.6 Å². The summed E-state index contributed by atoms with van der Waals surface area (Å²) in [7, 11) is 0. The average molecular weight is 593 g/mol. The molecule has 1 aromatic heterocycles. The number of rotatable bonds is 7. The van der Waals surface area contributed by atoms with Gasteiger partial charge in [0.1, 0.15) is 5.82 Å².